The summed E-state index contributed by atoms with van der Waals surface area (Å²) in [6.07, 6.45) is 3.47. The first-order chi connectivity index (χ1) is 7.18. The quantitative estimate of drug-likeness (QED) is 0.856. The van der Waals surface area contributed by atoms with Gasteiger partial charge in [0.2, 0.25) is 0 Å². The van der Waals surface area contributed by atoms with Gasteiger partial charge in [-0.05, 0) is 23.8 Å². The van der Waals surface area contributed by atoms with Gasteiger partial charge in [-0.1, -0.05) is 55.8 Å². The number of hydrogen-bond donors (Lipinski definition) is 1. The third-order valence-electron chi connectivity index (χ3n) is 3.07. The molecule has 0 aromatic heterocycles. The molecule has 2 atom stereocenters. The fourth-order valence-corrected chi connectivity index (χ4v) is 2.04. The van der Waals surface area contributed by atoms with Crippen molar-refractivity contribution in [3.05, 3.63) is 41.5 Å². The van der Waals surface area contributed by atoms with Crippen LogP contribution in [-0.2, 0) is 0 Å². The van der Waals surface area contributed by atoms with Crippen LogP contribution in [0.5, 0.6) is 0 Å². The zero-order valence-corrected chi connectivity index (χ0v) is 10.7. The van der Waals surface area contributed by atoms with Crippen LogP contribution < -0.4 is 5.73 Å². The lowest BCUT2D eigenvalue weighted by atomic mass is 9.96. The molecule has 0 saturated heterocycles. The predicted octanol–water partition coefficient (Wildman–Crippen LogP) is 3.50. The van der Waals surface area contributed by atoms with Gasteiger partial charge in [0.15, 0.2) is 0 Å². The summed E-state index contributed by atoms with van der Waals surface area (Å²) in [6, 6.07) is 10.9. The van der Waals surface area contributed by atoms with Gasteiger partial charge in [0.25, 0.3) is 0 Å². The molecule has 88 valence electrons. The predicted molar refractivity (Wildman–Crippen MR) is 72.6 cm³/mol. The molecule has 0 amide bonds. The fraction of sp³-hybridized carbons (Fsp3) is 0.429. The van der Waals surface area contributed by atoms with Crippen molar-refractivity contribution < 1.29 is 0 Å². The SMILES string of the molecule is CC(C)/C(=C\c1ccccc1)[C@@H]1C[C@H]1N.Cl. The van der Waals surface area contributed by atoms with E-state index in [0.29, 0.717) is 17.9 Å². The largest absolute Gasteiger partial charge is 0.327 e. The molecule has 0 heterocycles. The lowest BCUT2D eigenvalue weighted by Crippen LogP contribution is -2.06. The molecule has 2 rings (SSSR count). The maximum Gasteiger partial charge on any atom is 0.0112 e. The zero-order chi connectivity index (χ0) is 10.8. The van der Waals surface area contributed by atoms with Gasteiger partial charge in [-0.15, -0.1) is 12.4 Å². The average molecular weight is 238 g/mol. The number of benzene rings is 1. The number of rotatable bonds is 3. The third-order valence-corrected chi connectivity index (χ3v) is 3.07. The van der Waals surface area contributed by atoms with E-state index in [9.17, 15) is 0 Å². The molecule has 1 aliphatic rings. The van der Waals surface area contributed by atoms with Crippen LogP contribution in [0.25, 0.3) is 6.08 Å². The molecular weight excluding hydrogens is 218 g/mol. The second-order valence-corrected chi connectivity index (χ2v) is 4.72. The Bertz CT molecular complexity index is 356. The van der Waals surface area contributed by atoms with Crippen LogP contribution in [0.2, 0.25) is 0 Å². The Morgan fingerprint density at radius 2 is 1.88 bits per heavy atom. The number of hydrogen-bond acceptors (Lipinski definition) is 1. The molecule has 1 saturated carbocycles. The van der Waals surface area contributed by atoms with Gasteiger partial charge in [-0.25, -0.2) is 0 Å². The second kappa shape index (κ2) is 5.51. The molecular formula is C14H20ClN. The van der Waals surface area contributed by atoms with Gasteiger partial charge in [0, 0.05) is 6.04 Å². The van der Waals surface area contributed by atoms with Gasteiger partial charge in [0.05, 0.1) is 0 Å². The summed E-state index contributed by atoms with van der Waals surface area (Å²) in [7, 11) is 0. The average Bonchev–Trinajstić information content (AvgIpc) is 2.93. The minimum Gasteiger partial charge on any atom is -0.327 e. The fourth-order valence-electron chi connectivity index (χ4n) is 2.04. The molecule has 16 heavy (non-hydrogen) atoms. The molecule has 0 spiro atoms. The van der Waals surface area contributed by atoms with Crippen LogP contribution in [0.1, 0.15) is 25.8 Å². The van der Waals surface area contributed by atoms with Crippen LogP contribution in [0.15, 0.2) is 35.9 Å². The van der Waals surface area contributed by atoms with E-state index in [4.69, 9.17) is 5.73 Å². The normalized spacial score (nSPS) is 24.1. The van der Waals surface area contributed by atoms with E-state index >= 15 is 0 Å². The van der Waals surface area contributed by atoms with Crippen LogP contribution in [0, 0.1) is 11.8 Å². The van der Waals surface area contributed by atoms with E-state index < -0.39 is 0 Å². The van der Waals surface area contributed by atoms with Crippen molar-refractivity contribution in [1.82, 2.24) is 0 Å². The summed E-state index contributed by atoms with van der Waals surface area (Å²) in [5.74, 6) is 1.23. The van der Waals surface area contributed by atoms with Gasteiger partial charge in [0.1, 0.15) is 0 Å². The van der Waals surface area contributed by atoms with Crippen molar-refractivity contribution in [3.63, 3.8) is 0 Å². The molecule has 1 aliphatic carbocycles. The summed E-state index contributed by atoms with van der Waals surface area (Å²) >= 11 is 0. The minimum absolute atomic E-state index is 0. The molecule has 2 heteroatoms. The van der Waals surface area contributed by atoms with Crippen molar-refractivity contribution in [3.8, 4) is 0 Å². The Hall–Kier alpha value is -0.790. The molecule has 1 aromatic carbocycles. The molecule has 0 radical (unpaired) electrons. The van der Waals surface area contributed by atoms with Crippen LogP contribution in [-0.4, -0.2) is 6.04 Å². The highest BCUT2D eigenvalue weighted by Crippen LogP contribution is 2.39. The zero-order valence-electron chi connectivity index (χ0n) is 9.89. The monoisotopic (exact) mass is 237 g/mol. The molecule has 2 N–H and O–H groups in total. The van der Waals surface area contributed by atoms with Crippen LogP contribution >= 0.6 is 12.4 Å². The Kier molecular flexibility index (Phi) is 4.57. The van der Waals surface area contributed by atoms with Crippen molar-refractivity contribution in [2.45, 2.75) is 26.3 Å². The maximum atomic E-state index is 5.92. The highest BCUT2D eigenvalue weighted by Gasteiger charge is 2.37. The molecule has 1 aromatic rings. The van der Waals surface area contributed by atoms with Crippen molar-refractivity contribution in [1.29, 1.82) is 0 Å². The van der Waals surface area contributed by atoms with E-state index in [-0.39, 0.29) is 12.4 Å². The summed E-state index contributed by atoms with van der Waals surface area (Å²) < 4.78 is 0. The lowest BCUT2D eigenvalue weighted by Gasteiger charge is -2.10. The first-order valence-electron chi connectivity index (χ1n) is 5.70. The van der Waals surface area contributed by atoms with E-state index in [1.165, 1.54) is 11.1 Å². The summed E-state index contributed by atoms with van der Waals surface area (Å²) in [5.41, 5.74) is 8.72. The Labute approximate surface area is 104 Å². The van der Waals surface area contributed by atoms with Gasteiger partial charge < -0.3 is 5.73 Å². The second-order valence-electron chi connectivity index (χ2n) is 4.72. The van der Waals surface area contributed by atoms with E-state index in [1.54, 1.807) is 0 Å². The van der Waals surface area contributed by atoms with Crippen LogP contribution in [0.3, 0.4) is 0 Å². The number of halogens is 1. The standard InChI is InChI=1S/C14H19N.ClH/c1-10(2)12(13-9-14(13)15)8-11-6-4-3-5-7-11;/h3-8,10,13-14H,9,15H2,1-2H3;1H/b12-8+;/t13-,14+;/m0./s1. The van der Waals surface area contributed by atoms with E-state index in [1.807, 2.05) is 0 Å². The number of nitrogens with two attached hydrogens (primary N) is 1. The highest BCUT2D eigenvalue weighted by molar-refractivity contribution is 5.85. The first-order valence-corrected chi connectivity index (χ1v) is 5.70. The first kappa shape index (κ1) is 13.3. The Balaban J connectivity index is 0.00000128. The molecule has 0 unspecified atom stereocenters. The third kappa shape index (κ3) is 3.10. The van der Waals surface area contributed by atoms with Gasteiger partial charge >= 0.3 is 0 Å². The molecule has 1 nitrogen and oxygen atoms in total. The Morgan fingerprint density at radius 3 is 2.31 bits per heavy atom. The highest BCUT2D eigenvalue weighted by atomic mass is 35.5. The summed E-state index contributed by atoms with van der Waals surface area (Å²) in [4.78, 5) is 0. The maximum absolute atomic E-state index is 5.92. The van der Waals surface area contributed by atoms with Crippen molar-refractivity contribution in [2.75, 3.05) is 0 Å². The topological polar surface area (TPSA) is 26.0 Å². The molecule has 0 aliphatic heterocycles. The molecule has 1 fully saturated rings. The van der Waals surface area contributed by atoms with Crippen molar-refractivity contribution >= 4 is 18.5 Å². The van der Waals surface area contributed by atoms with Crippen molar-refractivity contribution in [2.24, 2.45) is 17.6 Å². The van der Waals surface area contributed by atoms with E-state index in [0.717, 1.165) is 6.42 Å². The molecule has 0 bridgehead atoms. The summed E-state index contributed by atoms with van der Waals surface area (Å²) in [5, 5.41) is 0. The van der Waals surface area contributed by atoms with Crippen LogP contribution in [0.4, 0.5) is 0 Å². The smallest absolute Gasteiger partial charge is 0.0112 e. The van der Waals surface area contributed by atoms with Gasteiger partial charge in [-0.2, -0.15) is 0 Å². The Morgan fingerprint density at radius 1 is 1.31 bits per heavy atom. The van der Waals surface area contributed by atoms with Gasteiger partial charge in [-0.3, -0.25) is 0 Å². The summed E-state index contributed by atoms with van der Waals surface area (Å²) in [6.45, 7) is 4.50. The lowest BCUT2D eigenvalue weighted by molar-refractivity contribution is 0.699. The van der Waals surface area contributed by atoms with E-state index in [2.05, 4.69) is 50.3 Å². The minimum atomic E-state index is 0.